The van der Waals surface area contributed by atoms with Crippen molar-refractivity contribution in [2.24, 2.45) is 0 Å². The Balaban J connectivity index is 1.64. The van der Waals surface area contributed by atoms with Gasteiger partial charge in [-0.15, -0.1) is 0 Å². The number of carbonyl (C=O) groups is 1. The van der Waals surface area contributed by atoms with E-state index in [0.29, 0.717) is 28.2 Å². The summed E-state index contributed by atoms with van der Waals surface area (Å²) < 4.78 is 38.7. The number of sulfone groups is 1. The number of amides is 1. The zero-order valence-corrected chi connectivity index (χ0v) is 16.3. The van der Waals surface area contributed by atoms with Crippen molar-refractivity contribution in [3.63, 3.8) is 0 Å². The van der Waals surface area contributed by atoms with Gasteiger partial charge in [0.2, 0.25) is 0 Å². The van der Waals surface area contributed by atoms with Gasteiger partial charge in [-0.3, -0.25) is 4.79 Å². The molecule has 0 saturated heterocycles. The molecule has 0 aliphatic rings. The number of rotatable bonds is 6. The van der Waals surface area contributed by atoms with Gasteiger partial charge in [-0.25, -0.2) is 17.8 Å². The van der Waals surface area contributed by atoms with Crippen LogP contribution in [-0.2, 0) is 22.1 Å². The molecule has 3 rings (SSSR count). The molecule has 2 aromatic carbocycles. The molecule has 0 spiro atoms. The molecule has 28 heavy (non-hydrogen) atoms. The highest BCUT2D eigenvalue weighted by molar-refractivity contribution is 7.89. The Kier molecular flexibility index (Phi) is 5.60. The normalized spacial score (nSPS) is 11.4. The number of halogens is 1. The third-order valence-corrected chi connectivity index (χ3v) is 5.05. The van der Waals surface area contributed by atoms with Gasteiger partial charge in [0.1, 0.15) is 11.6 Å². The second-order valence-electron chi connectivity index (χ2n) is 6.58. The van der Waals surface area contributed by atoms with Crippen LogP contribution in [0.1, 0.15) is 27.3 Å². The standard InChI is InChI=1S/C20H20FN3O3S/c1-14-22-9-10-24(14)19-8-5-16(11-18(19)21)12-23-20(25)17-6-3-15(4-7-17)13-28(2,26)27/h3-11H,12-13H2,1-2H3,(H,23,25). The molecule has 3 aromatic rings. The molecule has 8 heteroatoms. The zero-order valence-electron chi connectivity index (χ0n) is 15.5. The highest BCUT2D eigenvalue weighted by atomic mass is 32.2. The van der Waals surface area contributed by atoms with E-state index in [0.717, 1.165) is 6.26 Å². The minimum atomic E-state index is -3.12. The van der Waals surface area contributed by atoms with Crippen molar-refractivity contribution in [3.05, 3.63) is 83.2 Å². The average Bonchev–Trinajstić information content (AvgIpc) is 3.05. The van der Waals surface area contributed by atoms with Crippen molar-refractivity contribution < 1.29 is 17.6 Å². The van der Waals surface area contributed by atoms with E-state index in [9.17, 15) is 17.6 Å². The van der Waals surface area contributed by atoms with E-state index in [1.807, 2.05) is 0 Å². The molecule has 0 aliphatic carbocycles. The maximum atomic E-state index is 14.4. The van der Waals surface area contributed by atoms with Crippen molar-refractivity contribution in [2.45, 2.75) is 19.2 Å². The highest BCUT2D eigenvalue weighted by Crippen LogP contribution is 2.17. The van der Waals surface area contributed by atoms with Crippen LogP contribution < -0.4 is 5.32 Å². The summed E-state index contributed by atoms with van der Waals surface area (Å²) in [7, 11) is -3.12. The predicted molar refractivity (Wildman–Crippen MR) is 104 cm³/mol. The fourth-order valence-corrected chi connectivity index (χ4v) is 3.63. The Labute approximate surface area is 163 Å². The van der Waals surface area contributed by atoms with E-state index in [-0.39, 0.29) is 18.2 Å². The average molecular weight is 401 g/mol. The Hall–Kier alpha value is -3.00. The summed E-state index contributed by atoms with van der Waals surface area (Å²) in [4.78, 5) is 16.3. The van der Waals surface area contributed by atoms with Crippen molar-refractivity contribution in [3.8, 4) is 5.69 Å². The first kappa shape index (κ1) is 19.8. The van der Waals surface area contributed by atoms with Gasteiger partial charge in [-0.1, -0.05) is 18.2 Å². The van der Waals surface area contributed by atoms with Crippen LogP contribution in [0.25, 0.3) is 5.69 Å². The molecule has 0 unspecified atom stereocenters. The van der Waals surface area contributed by atoms with Crippen LogP contribution in [0.3, 0.4) is 0 Å². The number of hydrogen-bond donors (Lipinski definition) is 1. The molecule has 1 aromatic heterocycles. The molecule has 1 N–H and O–H groups in total. The number of nitrogens with zero attached hydrogens (tertiary/aromatic N) is 2. The first-order chi connectivity index (χ1) is 13.2. The van der Waals surface area contributed by atoms with Gasteiger partial charge in [0.25, 0.3) is 5.91 Å². The molecular formula is C20H20FN3O3S. The predicted octanol–water partition coefficient (Wildman–Crippen LogP) is 2.79. The fraction of sp³-hybridized carbons (Fsp3) is 0.200. The van der Waals surface area contributed by atoms with Crippen LogP contribution in [0.15, 0.2) is 54.9 Å². The third kappa shape index (κ3) is 4.83. The summed E-state index contributed by atoms with van der Waals surface area (Å²) in [6, 6.07) is 11.1. The van der Waals surface area contributed by atoms with Gasteiger partial charge in [-0.2, -0.15) is 0 Å². The van der Waals surface area contributed by atoms with Gasteiger partial charge in [0.15, 0.2) is 9.84 Å². The van der Waals surface area contributed by atoms with Gasteiger partial charge in [0.05, 0.1) is 11.4 Å². The Morgan fingerprint density at radius 3 is 2.39 bits per heavy atom. The van der Waals surface area contributed by atoms with E-state index < -0.39 is 15.7 Å². The van der Waals surface area contributed by atoms with Crippen LogP contribution in [-0.4, -0.2) is 30.1 Å². The Morgan fingerprint density at radius 2 is 1.82 bits per heavy atom. The molecular weight excluding hydrogens is 381 g/mol. The SMILES string of the molecule is Cc1nccn1-c1ccc(CNC(=O)c2ccc(CS(C)(=O)=O)cc2)cc1F. The number of nitrogens with one attached hydrogen (secondary N) is 1. The van der Waals surface area contributed by atoms with E-state index in [2.05, 4.69) is 10.3 Å². The second kappa shape index (κ2) is 7.93. The summed E-state index contributed by atoms with van der Waals surface area (Å²) >= 11 is 0. The molecule has 0 saturated carbocycles. The summed E-state index contributed by atoms with van der Waals surface area (Å²) in [5.41, 5.74) is 2.04. The minimum Gasteiger partial charge on any atom is -0.348 e. The largest absolute Gasteiger partial charge is 0.348 e. The second-order valence-corrected chi connectivity index (χ2v) is 8.72. The van der Waals surface area contributed by atoms with E-state index in [1.165, 1.54) is 6.07 Å². The smallest absolute Gasteiger partial charge is 0.251 e. The third-order valence-electron chi connectivity index (χ3n) is 4.20. The van der Waals surface area contributed by atoms with Crippen molar-refractivity contribution >= 4 is 15.7 Å². The lowest BCUT2D eigenvalue weighted by Gasteiger charge is -2.10. The van der Waals surface area contributed by atoms with Crippen LogP contribution in [0.2, 0.25) is 0 Å². The highest BCUT2D eigenvalue weighted by Gasteiger charge is 2.10. The maximum Gasteiger partial charge on any atom is 0.251 e. The van der Waals surface area contributed by atoms with E-state index in [1.54, 1.807) is 60.3 Å². The molecule has 6 nitrogen and oxygen atoms in total. The van der Waals surface area contributed by atoms with Gasteiger partial charge in [0, 0.05) is 30.8 Å². The lowest BCUT2D eigenvalue weighted by Crippen LogP contribution is -2.22. The lowest BCUT2D eigenvalue weighted by atomic mass is 10.1. The number of carbonyl (C=O) groups excluding carboxylic acids is 1. The van der Waals surface area contributed by atoms with Crippen molar-refractivity contribution in [1.82, 2.24) is 14.9 Å². The minimum absolute atomic E-state index is 0.0725. The molecule has 1 heterocycles. The number of aromatic nitrogens is 2. The summed E-state index contributed by atoms with van der Waals surface area (Å²) in [6.07, 6.45) is 4.44. The van der Waals surface area contributed by atoms with Crippen LogP contribution in [0.5, 0.6) is 0 Å². The number of aryl methyl sites for hydroxylation is 1. The van der Waals surface area contributed by atoms with Crippen molar-refractivity contribution in [2.75, 3.05) is 6.26 Å². The topological polar surface area (TPSA) is 81.1 Å². The first-order valence-corrected chi connectivity index (χ1v) is 10.6. The molecule has 1 amide bonds. The molecule has 146 valence electrons. The van der Waals surface area contributed by atoms with E-state index >= 15 is 0 Å². The summed E-state index contributed by atoms with van der Waals surface area (Å²) in [5, 5.41) is 2.73. The molecule has 0 radical (unpaired) electrons. The maximum absolute atomic E-state index is 14.4. The monoisotopic (exact) mass is 401 g/mol. The van der Waals surface area contributed by atoms with Gasteiger partial charge < -0.3 is 9.88 Å². The number of hydrogen-bond acceptors (Lipinski definition) is 4. The molecule has 0 bridgehead atoms. The van der Waals surface area contributed by atoms with Crippen molar-refractivity contribution in [1.29, 1.82) is 0 Å². The quantitative estimate of drug-likeness (QED) is 0.689. The van der Waals surface area contributed by atoms with Gasteiger partial charge >= 0.3 is 0 Å². The lowest BCUT2D eigenvalue weighted by molar-refractivity contribution is 0.0951. The van der Waals surface area contributed by atoms with E-state index in [4.69, 9.17) is 0 Å². The van der Waals surface area contributed by atoms with Crippen LogP contribution >= 0.6 is 0 Å². The number of imidazole rings is 1. The first-order valence-electron chi connectivity index (χ1n) is 8.56. The summed E-state index contributed by atoms with van der Waals surface area (Å²) in [5.74, 6) is -0.116. The van der Waals surface area contributed by atoms with Crippen LogP contribution in [0, 0.1) is 12.7 Å². The Bertz CT molecular complexity index is 1110. The molecule has 0 atom stereocenters. The van der Waals surface area contributed by atoms with Gasteiger partial charge in [-0.05, 0) is 42.3 Å². The fourth-order valence-electron chi connectivity index (χ4n) is 2.83. The molecule has 0 fully saturated rings. The van der Waals surface area contributed by atoms with Crippen LogP contribution in [0.4, 0.5) is 4.39 Å². The summed E-state index contributed by atoms with van der Waals surface area (Å²) in [6.45, 7) is 1.96. The number of benzene rings is 2. The zero-order chi connectivity index (χ0) is 20.3. The Morgan fingerprint density at radius 1 is 1.14 bits per heavy atom. The molecule has 0 aliphatic heterocycles.